The molecule has 1 heterocycles. The number of nitrogens with two attached hydrogens (primary N) is 1. The molecule has 0 aromatic carbocycles. The molecule has 6 heteroatoms. The van der Waals surface area contributed by atoms with Gasteiger partial charge in [0.1, 0.15) is 11.3 Å². The molecule has 0 aliphatic carbocycles. The van der Waals surface area contributed by atoms with E-state index in [4.69, 9.17) is 15.2 Å². The SMILES string of the molecule is COc1ccc(N)c(C#CCNC(=O)OC(C)(C)C)n1. The van der Waals surface area contributed by atoms with Crippen molar-refractivity contribution in [3.63, 3.8) is 0 Å². The molecule has 0 fully saturated rings. The van der Waals surface area contributed by atoms with Crippen LogP contribution in [0.2, 0.25) is 0 Å². The lowest BCUT2D eigenvalue weighted by molar-refractivity contribution is 0.0535. The summed E-state index contributed by atoms with van der Waals surface area (Å²) in [4.78, 5) is 15.5. The largest absolute Gasteiger partial charge is 0.481 e. The monoisotopic (exact) mass is 277 g/mol. The fraction of sp³-hybridized carbons (Fsp3) is 0.429. The normalized spacial score (nSPS) is 10.2. The smallest absolute Gasteiger partial charge is 0.408 e. The number of pyridine rings is 1. The van der Waals surface area contributed by atoms with Gasteiger partial charge >= 0.3 is 6.09 Å². The van der Waals surface area contributed by atoms with Gasteiger partial charge in [0.15, 0.2) is 0 Å². The molecule has 6 nitrogen and oxygen atoms in total. The summed E-state index contributed by atoms with van der Waals surface area (Å²) in [5.74, 6) is 5.95. The summed E-state index contributed by atoms with van der Waals surface area (Å²) in [7, 11) is 1.51. The van der Waals surface area contributed by atoms with Gasteiger partial charge in [0.25, 0.3) is 0 Å². The van der Waals surface area contributed by atoms with Crippen molar-refractivity contribution in [3.05, 3.63) is 17.8 Å². The minimum absolute atomic E-state index is 0.146. The van der Waals surface area contributed by atoms with Gasteiger partial charge in [-0.3, -0.25) is 0 Å². The number of anilines is 1. The van der Waals surface area contributed by atoms with Crippen LogP contribution in [0.3, 0.4) is 0 Å². The zero-order valence-electron chi connectivity index (χ0n) is 12.1. The lowest BCUT2D eigenvalue weighted by Crippen LogP contribution is -2.32. The van der Waals surface area contributed by atoms with Gasteiger partial charge in [-0.15, -0.1) is 0 Å². The van der Waals surface area contributed by atoms with Gasteiger partial charge < -0.3 is 20.5 Å². The third-order valence-corrected chi connectivity index (χ3v) is 2.04. The van der Waals surface area contributed by atoms with Gasteiger partial charge in [0, 0.05) is 6.07 Å². The molecule has 1 amide bonds. The Morgan fingerprint density at radius 1 is 1.45 bits per heavy atom. The molecular formula is C14H19N3O3. The first-order valence-electron chi connectivity index (χ1n) is 6.08. The second kappa shape index (κ2) is 6.66. The first-order chi connectivity index (χ1) is 9.31. The van der Waals surface area contributed by atoms with E-state index in [1.807, 2.05) is 0 Å². The number of rotatable bonds is 2. The van der Waals surface area contributed by atoms with E-state index in [0.29, 0.717) is 17.3 Å². The Balaban J connectivity index is 2.57. The number of methoxy groups -OCH3 is 1. The molecule has 0 spiro atoms. The Morgan fingerprint density at radius 2 is 2.15 bits per heavy atom. The fourth-order valence-corrected chi connectivity index (χ4v) is 1.22. The van der Waals surface area contributed by atoms with E-state index in [-0.39, 0.29) is 6.54 Å². The average molecular weight is 277 g/mol. The summed E-state index contributed by atoms with van der Waals surface area (Å²) < 4.78 is 10.1. The molecule has 1 rings (SSSR count). The third kappa shape index (κ3) is 5.48. The Kier molecular flexibility index (Phi) is 5.21. The van der Waals surface area contributed by atoms with Crippen molar-refractivity contribution in [2.24, 2.45) is 0 Å². The molecule has 108 valence electrons. The van der Waals surface area contributed by atoms with Crippen LogP contribution < -0.4 is 15.8 Å². The van der Waals surface area contributed by atoms with Crippen LogP contribution in [0.15, 0.2) is 12.1 Å². The minimum Gasteiger partial charge on any atom is -0.481 e. The summed E-state index contributed by atoms with van der Waals surface area (Å²) in [6.07, 6.45) is -0.515. The number of alkyl carbamates (subject to hydrolysis) is 1. The molecule has 0 bridgehead atoms. The van der Waals surface area contributed by atoms with Crippen LogP contribution in [0.25, 0.3) is 0 Å². The number of ether oxygens (including phenoxy) is 2. The molecule has 0 saturated heterocycles. The van der Waals surface area contributed by atoms with E-state index in [0.717, 1.165) is 0 Å². The number of carbonyl (C=O) groups excluding carboxylic acids is 1. The highest BCUT2D eigenvalue weighted by Gasteiger charge is 2.15. The number of nitrogens with one attached hydrogen (secondary N) is 1. The highest BCUT2D eigenvalue weighted by molar-refractivity contribution is 5.68. The lowest BCUT2D eigenvalue weighted by atomic mass is 10.2. The van der Waals surface area contributed by atoms with Crippen molar-refractivity contribution >= 4 is 11.8 Å². The Labute approximate surface area is 118 Å². The van der Waals surface area contributed by atoms with E-state index in [1.165, 1.54) is 7.11 Å². The highest BCUT2D eigenvalue weighted by Crippen LogP contribution is 2.13. The predicted octanol–water partition coefficient (Wildman–Crippen LogP) is 1.55. The first-order valence-corrected chi connectivity index (χ1v) is 6.08. The van der Waals surface area contributed by atoms with E-state index >= 15 is 0 Å². The van der Waals surface area contributed by atoms with Crippen molar-refractivity contribution < 1.29 is 14.3 Å². The van der Waals surface area contributed by atoms with Gasteiger partial charge in [-0.05, 0) is 32.8 Å². The topological polar surface area (TPSA) is 86.5 Å². The van der Waals surface area contributed by atoms with Crippen molar-refractivity contribution in [1.82, 2.24) is 10.3 Å². The number of hydrogen-bond acceptors (Lipinski definition) is 5. The number of nitrogen functional groups attached to an aromatic ring is 1. The lowest BCUT2D eigenvalue weighted by Gasteiger charge is -2.18. The van der Waals surface area contributed by atoms with Crippen LogP contribution in [-0.4, -0.2) is 30.3 Å². The zero-order valence-corrected chi connectivity index (χ0v) is 12.1. The van der Waals surface area contributed by atoms with E-state index in [2.05, 4.69) is 22.1 Å². The summed E-state index contributed by atoms with van der Waals surface area (Å²) in [5, 5.41) is 2.52. The quantitative estimate of drug-likeness (QED) is 0.801. The van der Waals surface area contributed by atoms with Crippen LogP contribution >= 0.6 is 0 Å². The van der Waals surface area contributed by atoms with Crippen molar-refractivity contribution in [2.45, 2.75) is 26.4 Å². The molecule has 20 heavy (non-hydrogen) atoms. The number of amides is 1. The fourth-order valence-electron chi connectivity index (χ4n) is 1.22. The molecular weight excluding hydrogens is 258 g/mol. The molecule has 0 aliphatic heterocycles. The van der Waals surface area contributed by atoms with Crippen LogP contribution in [0, 0.1) is 11.8 Å². The second-order valence-electron chi connectivity index (χ2n) is 4.95. The predicted molar refractivity (Wildman–Crippen MR) is 76.3 cm³/mol. The van der Waals surface area contributed by atoms with Crippen LogP contribution in [0.1, 0.15) is 26.5 Å². The Hall–Kier alpha value is -2.42. The van der Waals surface area contributed by atoms with Crippen molar-refractivity contribution in [2.75, 3.05) is 19.4 Å². The van der Waals surface area contributed by atoms with Gasteiger partial charge in [-0.25, -0.2) is 9.78 Å². The summed E-state index contributed by atoms with van der Waals surface area (Å²) >= 11 is 0. The van der Waals surface area contributed by atoms with Crippen LogP contribution in [-0.2, 0) is 4.74 Å². The van der Waals surface area contributed by atoms with E-state index < -0.39 is 11.7 Å². The average Bonchev–Trinajstić information content (AvgIpc) is 2.34. The Morgan fingerprint density at radius 3 is 2.75 bits per heavy atom. The van der Waals surface area contributed by atoms with E-state index in [9.17, 15) is 4.79 Å². The number of nitrogens with zero attached hydrogens (tertiary/aromatic N) is 1. The van der Waals surface area contributed by atoms with Gasteiger partial charge in [-0.1, -0.05) is 5.92 Å². The van der Waals surface area contributed by atoms with Gasteiger partial charge in [-0.2, -0.15) is 0 Å². The summed E-state index contributed by atoms with van der Waals surface area (Å²) in [6.45, 7) is 5.52. The van der Waals surface area contributed by atoms with Gasteiger partial charge in [0.2, 0.25) is 5.88 Å². The maximum Gasteiger partial charge on any atom is 0.408 e. The van der Waals surface area contributed by atoms with Crippen molar-refractivity contribution in [3.8, 4) is 17.7 Å². The molecule has 0 radical (unpaired) electrons. The zero-order chi connectivity index (χ0) is 15.2. The summed E-state index contributed by atoms with van der Waals surface area (Å²) in [6, 6.07) is 3.32. The maximum absolute atomic E-state index is 11.4. The second-order valence-corrected chi connectivity index (χ2v) is 4.95. The molecule has 0 aliphatic rings. The van der Waals surface area contributed by atoms with Crippen molar-refractivity contribution in [1.29, 1.82) is 0 Å². The van der Waals surface area contributed by atoms with Crippen LogP contribution in [0.5, 0.6) is 5.88 Å². The standard InChI is InChI=1S/C14H19N3O3/c1-14(2,3)20-13(18)16-9-5-6-11-10(15)7-8-12(17-11)19-4/h7-8H,9,15H2,1-4H3,(H,16,18). The molecule has 0 atom stereocenters. The maximum atomic E-state index is 11.4. The van der Waals surface area contributed by atoms with Gasteiger partial charge in [0.05, 0.1) is 19.3 Å². The molecule has 3 N–H and O–H groups in total. The number of carbonyl (C=O) groups is 1. The third-order valence-electron chi connectivity index (χ3n) is 2.04. The molecule has 0 unspecified atom stereocenters. The van der Waals surface area contributed by atoms with E-state index in [1.54, 1.807) is 32.9 Å². The minimum atomic E-state index is -0.531. The molecule has 0 saturated carbocycles. The highest BCUT2D eigenvalue weighted by atomic mass is 16.6. The number of aromatic nitrogens is 1. The van der Waals surface area contributed by atoms with Crippen LogP contribution in [0.4, 0.5) is 10.5 Å². The number of hydrogen-bond donors (Lipinski definition) is 2. The summed E-state index contributed by atoms with van der Waals surface area (Å²) in [5.41, 5.74) is 6.07. The molecule has 1 aromatic rings. The molecule has 1 aromatic heterocycles. The first kappa shape index (κ1) is 15.6. The Bertz CT molecular complexity index is 539.